The topological polar surface area (TPSA) is 100 Å². The molecule has 1 atom stereocenters. The molecule has 3 aliphatic rings. The van der Waals surface area contributed by atoms with E-state index < -0.39 is 17.5 Å². The molecule has 1 aromatic carbocycles. The number of benzene rings is 1. The summed E-state index contributed by atoms with van der Waals surface area (Å²) in [6.45, 7) is 13.2. The Labute approximate surface area is 249 Å². The SMILES string of the molecule is C=C1OCc2c(cc3n(c2=O)Cc2c-3nc3cc(F)c(OC(=O)N4CCN(C(C)C)CC4)cc3c2CN(C)C)[C@@]1(O)CC. The van der Waals surface area contributed by atoms with Gasteiger partial charge in [0.2, 0.25) is 0 Å². The normalized spacial score (nSPS) is 19.9. The number of halogens is 1. The zero-order chi connectivity index (χ0) is 30.8. The van der Waals surface area contributed by atoms with Crippen LogP contribution < -0.4 is 10.3 Å². The van der Waals surface area contributed by atoms with Crippen LogP contribution in [0.2, 0.25) is 0 Å². The highest BCUT2D eigenvalue weighted by Crippen LogP contribution is 2.43. The molecule has 43 heavy (non-hydrogen) atoms. The second kappa shape index (κ2) is 10.7. The van der Waals surface area contributed by atoms with Crippen molar-refractivity contribution in [1.82, 2.24) is 24.3 Å². The van der Waals surface area contributed by atoms with Crippen LogP contribution >= 0.6 is 0 Å². The third-order valence-electron chi connectivity index (χ3n) is 9.00. The first-order valence-corrected chi connectivity index (χ1v) is 14.8. The van der Waals surface area contributed by atoms with Gasteiger partial charge in [0.05, 0.1) is 29.0 Å². The lowest BCUT2D eigenvalue weighted by Gasteiger charge is -2.36. The highest BCUT2D eigenvalue weighted by atomic mass is 19.1. The maximum Gasteiger partial charge on any atom is 0.415 e. The summed E-state index contributed by atoms with van der Waals surface area (Å²) < 4.78 is 28.3. The van der Waals surface area contributed by atoms with E-state index in [0.717, 1.165) is 24.2 Å². The highest BCUT2D eigenvalue weighted by molar-refractivity contribution is 5.90. The van der Waals surface area contributed by atoms with E-state index in [0.29, 0.717) is 59.1 Å². The molecule has 0 spiro atoms. The fraction of sp³-hybridized carbons (Fsp3) is 0.469. The van der Waals surface area contributed by atoms with Gasteiger partial charge in [-0.1, -0.05) is 13.5 Å². The molecule has 0 radical (unpaired) electrons. The molecule has 2 aromatic heterocycles. The fourth-order valence-corrected chi connectivity index (χ4v) is 6.43. The second-order valence-electron chi connectivity index (χ2n) is 12.2. The van der Waals surface area contributed by atoms with Crippen molar-refractivity contribution < 1.29 is 23.8 Å². The van der Waals surface area contributed by atoms with Crippen molar-refractivity contribution in [2.75, 3.05) is 40.3 Å². The summed E-state index contributed by atoms with van der Waals surface area (Å²) in [7, 11) is 3.86. The van der Waals surface area contributed by atoms with Crippen LogP contribution in [-0.2, 0) is 30.0 Å². The fourth-order valence-electron chi connectivity index (χ4n) is 6.43. The van der Waals surface area contributed by atoms with Gasteiger partial charge in [-0.25, -0.2) is 14.2 Å². The van der Waals surface area contributed by atoms with Crippen molar-refractivity contribution in [3.8, 4) is 17.1 Å². The molecule has 5 heterocycles. The van der Waals surface area contributed by atoms with Crippen LogP contribution in [0.5, 0.6) is 5.75 Å². The number of aliphatic hydroxyl groups is 1. The minimum absolute atomic E-state index is 0.0261. The van der Waals surface area contributed by atoms with E-state index in [1.54, 1.807) is 21.6 Å². The predicted octanol–water partition coefficient (Wildman–Crippen LogP) is 3.79. The van der Waals surface area contributed by atoms with Crippen LogP contribution in [0, 0.1) is 5.82 Å². The molecule has 0 bridgehead atoms. The number of pyridine rings is 2. The number of carbonyl (C=O) groups excluding carboxylic acids is 1. The van der Waals surface area contributed by atoms with Crippen LogP contribution in [0.4, 0.5) is 9.18 Å². The molecule has 3 aromatic rings. The first kappa shape index (κ1) is 29.3. The van der Waals surface area contributed by atoms with Crippen LogP contribution in [0.15, 0.2) is 35.3 Å². The van der Waals surface area contributed by atoms with Gasteiger partial charge in [0.1, 0.15) is 18.0 Å². The van der Waals surface area contributed by atoms with Gasteiger partial charge in [0, 0.05) is 61.3 Å². The van der Waals surface area contributed by atoms with Gasteiger partial charge in [-0.15, -0.1) is 0 Å². The molecule has 11 heteroatoms. The van der Waals surface area contributed by atoms with Crippen LogP contribution in [-0.4, -0.2) is 81.8 Å². The summed E-state index contributed by atoms with van der Waals surface area (Å²) in [5.41, 5.74) is 2.29. The van der Waals surface area contributed by atoms with Gasteiger partial charge >= 0.3 is 6.09 Å². The lowest BCUT2D eigenvalue weighted by Crippen LogP contribution is -2.51. The number of rotatable bonds is 5. The summed E-state index contributed by atoms with van der Waals surface area (Å²) in [4.78, 5) is 37.5. The third kappa shape index (κ3) is 4.79. The maximum atomic E-state index is 15.5. The molecular weight excluding hydrogens is 553 g/mol. The number of fused-ring (bicyclic) bond motifs is 5. The molecule has 10 nitrogen and oxygen atoms in total. The highest BCUT2D eigenvalue weighted by Gasteiger charge is 2.41. The smallest absolute Gasteiger partial charge is 0.415 e. The van der Waals surface area contributed by atoms with E-state index in [1.807, 2.05) is 25.9 Å². The molecule has 0 saturated carbocycles. The molecule has 1 fully saturated rings. The van der Waals surface area contributed by atoms with E-state index in [-0.39, 0.29) is 36.6 Å². The number of aromatic nitrogens is 2. The van der Waals surface area contributed by atoms with Crippen molar-refractivity contribution in [3.05, 3.63) is 69.0 Å². The summed E-state index contributed by atoms with van der Waals surface area (Å²) in [6.07, 6.45) is -0.298. The molecule has 1 N–H and O–H groups in total. The van der Waals surface area contributed by atoms with Gasteiger partial charge in [0.15, 0.2) is 11.6 Å². The molecule has 1 saturated heterocycles. The monoisotopic (exact) mass is 591 g/mol. The number of amides is 1. The first-order valence-electron chi connectivity index (χ1n) is 14.8. The third-order valence-corrected chi connectivity index (χ3v) is 9.00. The predicted molar refractivity (Wildman–Crippen MR) is 160 cm³/mol. The number of hydrogen-bond acceptors (Lipinski definition) is 8. The van der Waals surface area contributed by atoms with E-state index >= 15 is 4.39 Å². The Kier molecular flexibility index (Phi) is 7.30. The zero-order valence-electron chi connectivity index (χ0n) is 25.4. The van der Waals surface area contributed by atoms with E-state index in [9.17, 15) is 14.7 Å². The first-order chi connectivity index (χ1) is 20.4. The minimum atomic E-state index is -1.50. The van der Waals surface area contributed by atoms with Crippen LogP contribution in [0.25, 0.3) is 22.3 Å². The molecule has 0 unspecified atom stereocenters. The summed E-state index contributed by atoms with van der Waals surface area (Å²) in [5, 5.41) is 12.1. The molecular formula is C32H38FN5O5. The van der Waals surface area contributed by atoms with Crippen LogP contribution in [0.1, 0.15) is 49.4 Å². The molecule has 6 rings (SSSR count). The Morgan fingerprint density at radius 3 is 2.58 bits per heavy atom. The zero-order valence-corrected chi connectivity index (χ0v) is 25.4. The van der Waals surface area contributed by atoms with E-state index in [1.165, 1.54) is 6.07 Å². The summed E-state index contributed by atoms with van der Waals surface area (Å²) >= 11 is 0. The van der Waals surface area contributed by atoms with Gasteiger partial charge in [0.25, 0.3) is 5.56 Å². The number of nitrogens with zero attached hydrogens (tertiary/aromatic N) is 5. The van der Waals surface area contributed by atoms with Gasteiger partial charge < -0.3 is 28.9 Å². The number of carbonyl (C=O) groups is 1. The molecule has 228 valence electrons. The van der Waals surface area contributed by atoms with E-state index in [2.05, 4.69) is 25.3 Å². The van der Waals surface area contributed by atoms with Crippen molar-refractivity contribution in [3.63, 3.8) is 0 Å². The molecule has 1 amide bonds. The van der Waals surface area contributed by atoms with Gasteiger partial charge in [-0.05, 0) is 52.1 Å². The second-order valence-corrected chi connectivity index (χ2v) is 12.2. The van der Waals surface area contributed by atoms with Crippen molar-refractivity contribution in [2.24, 2.45) is 0 Å². The Bertz CT molecular complexity index is 1710. The summed E-state index contributed by atoms with van der Waals surface area (Å²) in [6, 6.07) is 5.01. The lowest BCUT2D eigenvalue weighted by atomic mass is 9.84. The quantitative estimate of drug-likeness (QED) is 0.374. The van der Waals surface area contributed by atoms with Gasteiger partial charge in [-0.2, -0.15) is 0 Å². The van der Waals surface area contributed by atoms with Gasteiger partial charge in [-0.3, -0.25) is 9.69 Å². The number of ether oxygens (including phenoxy) is 2. The average molecular weight is 592 g/mol. The average Bonchev–Trinajstić information content (AvgIpc) is 3.34. The largest absolute Gasteiger partial charge is 0.490 e. The Morgan fingerprint density at radius 2 is 1.93 bits per heavy atom. The Balaban J connectivity index is 1.42. The van der Waals surface area contributed by atoms with Crippen molar-refractivity contribution in [1.29, 1.82) is 0 Å². The van der Waals surface area contributed by atoms with Crippen molar-refractivity contribution in [2.45, 2.75) is 58.5 Å². The number of piperazine rings is 1. The molecule has 3 aliphatic heterocycles. The summed E-state index contributed by atoms with van der Waals surface area (Å²) in [5.74, 6) is -0.646. The van der Waals surface area contributed by atoms with E-state index in [4.69, 9.17) is 14.5 Å². The lowest BCUT2D eigenvalue weighted by molar-refractivity contribution is -0.0172. The Hall–Kier alpha value is -3.80. The van der Waals surface area contributed by atoms with Crippen LogP contribution in [0.3, 0.4) is 0 Å². The maximum absolute atomic E-state index is 15.5. The Morgan fingerprint density at radius 1 is 1.21 bits per heavy atom. The standard InChI is InChI=1S/C32H38FN5O5/c1-7-32(41)19(4)42-17-23-24(32)13-27-29-22(16-38(27)30(23)39)21(15-35(5)6)20-12-28(25(33)14-26(20)34-29)43-31(40)37-10-8-36(9-11-37)18(2)3/h12-14,18,41H,4,7-11,15-17H2,1-3,5-6H3/t32-/m1/s1. The van der Waals surface area contributed by atoms with Crippen molar-refractivity contribution >= 4 is 17.0 Å². The number of hydrogen-bond donors (Lipinski definition) is 1. The minimum Gasteiger partial charge on any atom is -0.490 e. The molecule has 0 aliphatic carbocycles.